The number of rotatable bonds is 6. The van der Waals surface area contributed by atoms with Gasteiger partial charge in [-0.2, -0.15) is 0 Å². The first-order valence-electron chi connectivity index (χ1n) is 9.96. The van der Waals surface area contributed by atoms with Crippen molar-refractivity contribution < 1.29 is 18.7 Å². The lowest BCUT2D eigenvalue weighted by atomic mass is 10.1. The van der Waals surface area contributed by atoms with Crippen LogP contribution in [0.25, 0.3) is 6.08 Å². The van der Waals surface area contributed by atoms with Crippen LogP contribution in [0.1, 0.15) is 22.3 Å². The van der Waals surface area contributed by atoms with Crippen molar-refractivity contribution in [1.29, 1.82) is 0 Å². The molecule has 7 heteroatoms. The molecule has 1 saturated heterocycles. The average molecular weight is 495 g/mol. The number of imide groups is 1. The second-order valence-electron chi connectivity index (χ2n) is 7.47. The van der Waals surface area contributed by atoms with Crippen molar-refractivity contribution >= 4 is 33.9 Å². The third-order valence-corrected chi connectivity index (χ3v) is 5.59. The number of hydrogen-bond acceptors (Lipinski definition) is 3. The molecule has 1 N–H and O–H groups in total. The summed E-state index contributed by atoms with van der Waals surface area (Å²) in [6.45, 7) is 2.41. The standard InChI is InChI=1S/C25H20BrFN2O3/c1-16-5-7-17(8-6-16)14-29-24(30)22(28-25(29)31)13-18-9-10-23(21(26)12-18)32-15-19-3-2-4-20(27)11-19/h2-13H,14-15H2,1H3,(H,28,31)/b22-13+. The molecule has 32 heavy (non-hydrogen) atoms. The van der Waals surface area contributed by atoms with Crippen molar-refractivity contribution in [3.05, 3.63) is 105 Å². The second kappa shape index (κ2) is 9.36. The number of aryl methyl sites for hydroxylation is 1. The summed E-state index contributed by atoms with van der Waals surface area (Å²) in [5, 5.41) is 2.64. The highest BCUT2D eigenvalue weighted by atomic mass is 79.9. The van der Waals surface area contributed by atoms with Crippen LogP contribution in [0.3, 0.4) is 0 Å². The molecule has 0 bridgehead atoms. The van der Waals surface area contributed by atoms with Gasteiger partial charge in [0.25, 0.3) is 5.91 Å². The van der Waals surface area contributed by atoms with Crippen LogP contribution in [-0.4, -0.2) is 16.8 Å². The maximum absolute atomic E-state index is 13.3. The van der Waals surface area contributed by atoms with Gasteiger partial charge >= 0.3 is 6.03 Å². The molecule has 4 rings (SSSR count). The summed E-state index contributed by atoms with van der Waals surface area (Å²) in [5.74, 6) is -0.107. The summed E-state index contributed by atoms with van der Waals surface area (Å²) in [4.78, 5) is 26.2. The zero-order valence-electron chi connectivity index (χ0n) is 17.3. The van der Waals surface area contributed by atoms with Crippen molar-refractivity contribution in [2.75, 3.05) is 0 Å². The van der Waals surface area contributed by atoms with Crippen LogP contribution in [0.5, 0.6) is 5.75 Å². The molecule has 0 aromatic heterocycles. The molecule has 0 saturated carbocycles. The Bertz CT molecular complexity index is 1210. The molecule has 0 aliphatic carbocycles. The zero-order chi connectivity index (χ0) is 22.7. The first-order valence-corrected chi connectivity index (χ1v) is 10.8. The molecule has 3 aromatic rings. The van der Waals surface area contributed by atoms with Crippen LogP contribution in [0.4, 0.5) is 9.18 Å². The quantitative estimate of drug-likeness (QED) is 0.360. The van der Waals surface area contributed by atoms with Gasteiger partial charge in [-0.15, -0.1) is 0 Å². The summed E-state index contributed by atoms with van der Waals surface area (Å²) in [6.07, 6.45) is 1.62. The Hall–Kier alpha value is -3.45. The van der Waals surface area contributed by atoms with Crippen LogP contribution >= 0.6 is 15.9 Å². The van der Waals surface area contributed by atoms with E-state index in [4.69, 9.17) is 4.74 Å². The van der Waals surface area contributed by atoms with Crippen LogP contribution in [0.15, 0.2) is 76.9 Å². The Kier molecular flexibility index (Phi) is 6.37. The fourth-order valence-electron chi connectivity index (χ4n) is 3.27. The summed E-state index contributed by atoms with van der Waals surface area (Å²) in [6, 6.07) is 18.8. The van der Waals surface area contributed by atoms with Crippen LogP contribution in [0.2, 0.25) is 0 Å². The predicted octanol–water partition coefficient (Wildman–Crippen LogP) is 5.57. The number of hydrogen-bond donors (Lipinski definition) is 1. The van der Waals surface area contributed by atoms with Gasteiger partial charge in [-0.3, -0.25) is 9.69 Å². The molecule has 1 fully saturated rings. The lowest BCUT2D eigenvalue weighted by Crippen LogP contribution is -2.30. The average Bonchev–Trinajstić information content (AvgIpc) is 3.02. The van der Waals surface area contributed by atoms with Crippen LogP contribution in [0, 0.1) is 12.7 Å². The highest BCUT2D eigenvalue weighted by molar-refractivity contribution is 9.10. The number of benzene rings is 3. The summed E-state index contributed by atoms with van der Waals surface area (Å²) in [5.41, 5.74) is 3.64. The lowest BCUT2D eigenvalue weighted by Gasteiger charge is -2.12. The third kappa shape index (κ3) is 5.06. The van der Waals surface area contributed by atoms with Crippen LogP contribution < -0.4 is 10.1 Å². The van der Waals surface area contributed by atoms with Gasteiger partial charge in [-0.05, 0) is 69.9 Å². The molecule has 1 aliphatic heterocycles. The van der Waals surface area contributed by atoms with Crippen molar-refractivity contribution in [2.45, 2.75) is 20.1 Å². The van der Waals surface area contributed by atoms with Gasteiger partial charge in [0.15, 0.2) is 0 Å². The molecule has 3 aromatic carbocycles. The SMILES string of the molecule is Cc1ccc(CN2C(=O)N/C(=C/c3ccc(OCc4cccc(F)c4)c(Br)c3)C2=O)cc1. The first-order chi connectivity index (χ1) is 15.4. The fourth-order valence-corrected chi connectivity index (χ4v) is 3.78. The molecular formula is C25H20BrFN2O3. The van der Waals surface area contributed by atoms with E-state index in [9.17, 15) is 14.0 Å². The van der Waals surface area contributed by atoms with E-state index in [0.29, 0.717) is 10.2 Å². The first kappa shape index (κ1) is 21.8. The van der Waals surface area contributed by atoms with Gasteiger partial charge in [0, 0.05) is 0 Å². The van der Waals surface area contributed by atoms with Gasteiger partial charge in [0.2, 0.25) is 0 Å². The minimum absolute atomic E-state index is 0.207. The normalized spacial score (nSPS) is 14.7. The summed E-state index contributed by atoms with van der Waals surface area (Å²) in [7, 11) is 0. The Labute approximate surface area is 193 Å². The van der Waals surface area contributed by atoms with Crippen molar-refractivity contribution in [3.63, 3.8) is 0 Å². The molecule has 3 amide bonds. The van der Waals surface area contributed by atoms with E-state index < -0.39 is 6.03 Å². The van der Waals surface area contributed by atoms with E-state index in [1.54, 1.807) is 36.4 Å². The van der Waals surface area contributed by atoms with Crippen molar-refractivity contribution in [2.24, 2.45) is 0 Å². The van der Waals surface area contributed by atoms with E-state index in [2.05, 4.69) is 21.2 Å². The second-order valence-corrected chi connectivity index (χ2v) is 8.33. The lowest BCUT2D eigenvalue weighted by molar-refractivity contribution is -0.123. The topological polar surface area (TPSA) is 58.6 Å². The van der Waals surface area contributed by atoms with Gasteiger partial charge in [0.1, 0.15) is 23.9 Å². The van der Waals surface area contributed by atoms with Gasteiger partial charge < -0.3 is 10.1 Å². The zero-order valence-corrected chi connectivity index (χ0v) is 18.9. The van der Waals surface area contributed by atoms with Gasteiger partial charge in [0.05, 0.1) is 11.0 Å². The molecule has 162 valence electrons. The number of amides is 3. The predicted molar refractivity (Wildman–Crippen MR) is 123 cm³/mol. The molecule has 0 atom stereocenters. The number of nitrogens with one attached hydrogen (secondary N) is 1. The fraction of sp³-hybridized carbons (Fsp3) is 0.120. The Morgan fingerprint density at radius 2 is 1.81 bits per heavy atom. The van der Waals surface area contributed by atoms with E-state index in [1.165, 1.54) is 17.0 Å². The molecule has 1 aliphatic rings. The number of nitrogens with zero attached hydrogens (tertiary/aromatic N) is 1. The number of carbonyl (C=O) groups excluding carboxylic acids is 2. The number of carbonyl (C=O) groups is 2. The highest BCUT2D eigenvalue weighted by Crippen LogP contribution is 2.28. The minimum atomic E-state index is -0.448. The number of ether oxygens (including phenoxy) is 1. The summed E-state index contributed by atoms with van der Waals surface area (Å²) >= 11 is 3.46. The monoisotopic (exact) mass is 494 g/mol. The van der Waals surface area contributed by atoms with Gasteiger partial charge in [-0.25, -0.2) is 9.18 Å². The Morgan fingerprint density at radius 1 is 1.03 bits per heavy atom. The molecule has 0 spiro atoms. The molecule has 0 unspecified atom stereocenters. The molecule has 0 radical (unpaired) electrons. The van der Waals surface area contributed by atoms with E-state index >= 15 is 0 Å². The van der Waals surface area contributed by atoms with Crippen LogP contribution in [-0.2, 0) is 17.9 Å². The van der Waals surface area contributed by atoms with E-state index in [-0.39, 0.29) is 30.6 Å². The molecule has 1 heterocycles. The Morgan fingerprint density at radius 3 is 2.53 bits per heavy atom. The van der Waals surface area contributed by atoms with E-state index in [0.717, 1.165) is 22.3 Å². The molecule has 5 nitrogen and oxygen atoms in total. The highest BCUT2D eigenvalue weighted by Gasteiger charge is 2.33. The molecular weight excluding hydrogens is 475 g/mol. The van der Waals surface area contributed by atoms with Crippen molar-refractivity contribution in [3.8, 4) is 5.75 Å². The minimum Gasteiger partial charge on any atom is -0.488 e. The Balaban J connectivity index is 1.45. The number of urea groups is 1. The van der Waals surface area contributed by atoms with E-state index in [1.807, 2.05) is 31.2 Å². The largest absolute Gasteiger partial charge is 0.488 e. The number of halogens is 2. The summed E-state index contributed by atoms with van der Waals surface area (Å²) < 4.78 is 19.7. The smallest absolute Gasteiger partial charge is 0.329 e. The maximum Gasteiger partial charge on any atom is 0.329 e. The van der Waals surface area contributed by atoms with Crippen molar-refractivity contribution in [1.82, 2.24) is 10.2 Å². The maximum atomic E-state index is 13.3. The third-order valence-electron chi connectivity index (χ3n) is 4.97. The van der Waals surface area contributed by atoms with Gasteiger partial charge in [-0.1, -0.05) is 48.0 Å².